The van der Waals surface area contributed by atoms with Gasteiger partial charge in [0.15, 0.2) is 0 Å². The molecule has 1 nitrogen and oxygen atoms in total. The molecule has 1 unspecified atom stereocenters. The van der Waals surface area contributed by atoms with Crippen LogP contribution in [0.1, 0.15) is 13.8 Å². The van der Waals surface area contributed by atoms with Gasteiger partial charge >= 0.3 is 0 Å². The van der Waals surface area contributed by atoms with Crippen molar-refractivity contribution in [2.45, 2.75) is 19.5 Å². The Morgan fingerprint density at radius 2 is 1.37 bits per heavy atom. The maximum atomic E-state index is 3.48. The van der Waals surface area contributed by atoms with Gasteiger partial charge in [0.1, 0.15) is 0 Å². The predicted molar refractivity (Wildman–Crippen MR) is 87.1 cm³/mol. The van der Waals surface area contributed by atoms with Crippen molar-refractivity contribution in [2.75, 3.05) is 13.1 Å². The average molecular weight is 271 g/mol. The van der Waals surface area contributed by atoms with Gasteiger partial charge in [0, 0.05) is 6.54 Å². The Bertz CT molecular complexity index is 430. The minimum Gasteiger partial charge on any atom is -0.316 e. The largest absolute Gasteiger partial charge is 0.316 e. The molecule has 0 heterocycles. The van der Waals surface area contributed by atoms with Crippen LogP contribution in [0.4, 0.5) is 0 Å². The second-order valence-corrected chi connectivity index (χ2v) is 7.35. The molecule has 0 aromatic heterocycles. The minimum atomic E-state index is -0.286. The second kappa shape index (κ2) is 7.43. The third kappa shape index (κ3) is 3.89. The zero-order valence-electron chi connectivity index (χ0n) is 11.7. The molecule has 0 bridgehead atoms. The number of hydrogen-bond donors (Lipinski definition) is 1. The van der Waals surface area contributed by atoms with Gasteiger partial charge in [-0.05, 0) is 30.7 Å². The summed E-state index contributed by atoms with van der Waals surface area (Å²) in [5.41, 5.74) is 0.639. The Hall–Kier alpha value is -1.17. The summed E-state index contributed by atoms with van der Waals surface area (Å²) < 4.78 is 0. The predicted octanol–water partition coefficient (Wildman–Crippen LogP) is 3.12. The first-order chi connectivity index (χ1) is 9.33. The Morgan fingerprint density at radius 3 is 1.79 bits per heavy atom. The maximum absolute atomic E-state index is 3.48. The van der Waals surface area contributed by atoms with Crippen LogP contribution in [-0.4, -0.2) is 18.7 Å². The first kappa shape index (κ1) is 14.2. The Morgan fingerprint density at radius 1 is 0.895 bits per heavy atom. The highest BCUT2D eigenvalue weighted by Crippen LogP contribution is 2.38. The third-order valence-electron chi connectivity index (χ3n) is 3.20. The topological polar surface area (TPSA) is 12.0 Å². The molecule has 1 N–H and O–H groups in total. The number of rotatable bonds is 6. The highest BCUT2D eigenvalue weighted by molar-refractivity contribution is 7.73. The summed E-state index contributed by atoms with van der Waals surface area (Å²) in [5, 5.41) is 6.42. The van der Waals surface area contributed by atoms with Crippen molar-refractivity contribution >= 4 is 18.5 Å². The lowest BCUT2D eigenvalue weighted by Crippen LogP contribution is -2.29. The van der Waals surface area contributed by atoms with Gasteiger partial charge in [-0.1, -0.05) is 74.5 Å². The van der Waals surface area contributed by atoms with E-state index in [-0.39, 0.29) is 7.92 Å². The standard InChI is InChI=1S/C17H22NP/c1-3-18-14-15(2)19(16-10-6-4-7-11-16)17-12-8-5-9-13-17/h4-13,15,18H,3,14H2,1-2H3. The van der Waals surface area contributed by atoms with Crippen molar-refractivity contribution in [1.29, 1.82) is 0 Å². The highest BCUT2D eigenvalue weighted by atomic mass is 31.1. The molecule has 100 valence electrons. The summed E-state index contributed by atoms with van der Waals surface area (Å²) >= 11 is 0. The number of hydrogen-bond acceptors (Lipinski definition) is 1. The van der Waals surface area contributed by atoms with Crippen molar-refractivity contribution in [3.05, 3.63) is 60.7 Å². The van der Waals surface area contributed by atoms with Gasteiger partial charge in [0.05, 0.1) is 0 Å². The third-order valence-corrected chi connectivity index (χ3v) is 5.97. The summed E-state index contributed by atoms with van der Waals surface area (Å²) in [4.78, 5) is 0. The molecule has 0 aliphatic rings. The average Bonchev–Trinajstić information content (AvgIpc) is 2.47. The molecule has 0 radical (unpaired) electrons. The van der Waals surface area contributed by atoms with E-state index < -0.39 is 0 Å². The maximum Gasteiger partial charge on any atom is 0.00222 e. The first-order valence-electron chi connectivity index (χ1n) is 6.93. The molecule has 0 saturated heterocycles. The summed E-state index contributed by atoms with van der Waals surface area (Å²) in [6, 6.07) is 21.8. The van der Waals surface area contributed by atoms with Crippen molar-refractivity contribution in [1.82, 2.24) is 5.32 Å². The molecule has 0 saturated carbocycles. The van der Waals surface area contributed by atoms with E-state index in [9.17, 15) is 0 Å². The quantitative estimate of drug-likeness (QED) is 0.796. The van der Waals surface area contributed by atoms with Crippen LogP contribution in [-0.2, 0) is 0 Å². The van der Waals surface area contributed by atoms with E-state index in [1.807, 2.05) is 0 Å². The lowest BCUT2D eigenvalue weighted by molar-refractivity contribution is 0.710. The molecule has 2 heteroatoms. The molecule has 19 heavy (non-hydrogen) atoms. The van der Waals surface area contributed by atoms with E-state index in [0.29, 0.717) is 5.66 Å². The van der Waals surface area contributed by atoms with Gasteiger partial charge in [0.2, 0.25) is 0 Å². The molecule has 2 rings (SSSR count). The van der Waals surface area contributed by atoms with Crippen LogP contribution in [0.5, 0.6) is 0 Å². The fourth-order valence-electron chi connectivity index (χ4n) is 2.28. The van der Waals surface area contributed by atoms with Crippen molar-refractivity contribution in [3.63, 3.8) is 0 Å². The van der Waals surface area contributed by atoms with E-state index in [0.717, 1.165) is 13.1 Å². The van der Waals surface area contributed by atoms with Crippen LogP contribution in [0.3, 0.4) is 0 Å². The zero-order chi connectivity index (χ0) is 13.5. The van der Waals surface area contributed by atoms with E-state index in [1.54, 1.807) is 0 Å². The lowest BCUT2D eigenvalue weighted by atomic mass is 10.4. The Kier molecular flexibility index (Phi) is 5.57. The normalized spacial score (nSPS) is 12.6. The fraction of sp³-hybridized carbons (Fsp3) is 0.294. The van der Waals surface area contributed by atoms with Crippen LogP contribution in [0.2, 0.25) is 0 Å². The molecular formula is C17H22NP. The summed E-state index contributed by atoms with van der Waals surface area (Å²) in [7, 11) is -0.286. The molecular weight excluding hydrogens is 249 g/mol. The van der Waals surface area contributed by atoms with Crippen LogP contribution in [0.25, 0.3) is 0 Å². The number of benzene rings is 2. The van der Waals surface area contributed by atoms with E-state index >= 15 is 0 Å². The summed E-state index contributed by atoms with van der Waals surface area (Å²) in [6.07, 6.45) is 0. The molecule has 2 aromatic rings. The van der Waals surface area contributed by atoms with Crippen molar-refractivity contribution in [3.8, 4) is 0 Å². The Balaban J connectivity index is 2.29. The zero-order valence-corrected chi connectivity index (χ0v) is 12.6. The SMILES string of the molecule is CCNCC(C)P(c1ccccc1)c1ccccc1. The number of nitrogens with one attached hydrogen (secondary N) is 1. The second-order valence-electron chi connectivity index (χ2n) is 4.70. The molecule has 0 fully saturated rings. The van der Waals surface area contributed by atoms with Gasteiger partial charge < -0.3 is 5.32 Å². The molecule has 0 amide bonds. The highest BCUT2D eigenvalue weighted by Gasteiger charge is 2.19. The van der Waals surface area contributed by atoms with Gasteiger partial charge in [0.25, 0.3) is 0 Å². The van der Waals surface area contributed by atoms with E-state index in [1.165, 1.54) is 10.6 Å². The Labute approximate surface area is 117 Å². The summed E-state index contributed by atoms with van der Waals surface area (Å²) in [6.45, 7) is 6.64. The van der Waals surface area contributed by atoms with Crippen molar-refractivity contribution < 1.29 is 0 Å². The van der Waals surface area contributed by atoms with E-state index in [2.05, 4.69) is 79.8 Å². The van der Waals surface area contributed by atoms with Crippen molar-refractivity contribution in [2.24, 2.45) is 0 Å². The monoisotopic (exact) mass is 271 g/mol. The minimum absolute atomic E-state index is 0.286. The van der Waals surface area contributed by atoms with Gasteiger partial charge in [-0.15, -0.1) is 0 Å². The van der Waals surface area contributed by atoms with Gasteiger partial charge in [-0.2, -0.15) is 0 Å². The molecule has 0 spiro atoms. The van der Waals surface area contributed by atoms with Crippen LogP contribution in [0.15, 0.2) is 60.7 Å². The first-order valence-corrected chi connectivity index (χ1v) is 8.34. The molecule has 0 aliphatic carbocycles. The molecule has 2 aromatic carbocycles. The summed E-state index contributed by atoms with van der Waals surface area (Å²) in [5.74, 6) is 0. The fourth-order valence-corrected chi connectivity index (χ4v) is 4.89. The van der Waals surface area contributed by atoms with Gasteiger partial charge in [-0.3, -0.25) is 0 Å². The van der Waals surface area contributed by atoms with Crippen LogP contribution >= 0.6 is 7.92 Å². The van der Waals surface area contributed by atoms with Gasteiger partial charge in [-0.25, -0.2) is 0 Å². The molecule has 0 aliphatic heterocycles. The lowest BCUT2D eigenvalue weighted by Gasteiger charge is -2.25. The molecule has 1 atom stereocenters. The van der Waals surface area contributed by atoms with E-state index in [4.69, 9.17) is 0 Å². The van der Waals surface area contributed by atoms with Crippen LogP contribution in [0, 0.1) is 0 Å². The van der Waals surface area contributed by atoms with Crippen LogP contribution < -0.4 is 15.9 Å². The smallest absolute Gasteiger partial charge is 0.00222 e.